The van der Waals surface area contributed by atoms with E-state index in [4.69, 9.17) is 14.6 Å². The number of hydrogen-bond acceptors (Lipinski definition) is 5. The van der Waals surface area contributed by atoms with E-state index in [1.165, 1.54) is 17.4 Å². The van der Waals surface area contributed by atoms with E-state index >= 15 is 0 Å². The van der Waals surface area contributed by atoms with E-state index < -0.39 is 0 Å². The van der Waals surface area contributed by atoms with Crippen molar-refractivity contribution in [2.75, 3.05) is 19.8 Å². The Kier molecular flexibility index (Phi) is 5.72. The highest BCUT2D eigenvalue weighted by Gasteiger charge is 2.29. The lowest BCUT2D eigenvalue weighted by molar-refractivity contribution is -0.117. The molecule has 2 rings (SSSR count). The van der Waals surface area contributed by atoms with E-state index in [9.17, 15) is 4.79 Å². The van der Waals surface area contributed by atoms with Gasteiger partial charge in [-0.25, -0.2) is 0 Å². The number of rotatable bonds is 6. The van der Waals surface area contributed by atoms with Crippen LogP contribution < -0.4 is 5.32 Å². The molecule has 2 heterocycles. The van der Waals surface area contributed by atoms with Gasteiger partial charge in [-0.3, -0.25) is 4.79 Å². The van der Waals surface area contributed by atoms with Crippen molar-refractivity contribution in [3.8, 4) is 0 Å². The lowest BCUT2D eigenvalue weighted by Crippen LogP contribution is -2.43. The molecule has 0 aliphatic carbocycles. The van der Waals surface area contributed by atoms with Gasteiger partial charge < -0.3 is 19.9 Å². The van der Waals surface area contributed by atoms with Crippen LogP contribution in [0.2, 0.25) is 0 Å². The zero-order chi connectivity index (χ0) is 14.4. The third-order valence-electron chi connectivity index (χ3n) is 2.99. The second kappa shape index (κ2) is 7.54. The molecule has 1 aromatic rings. The van der Waals surface area contributed by atoms with Crippen LogP contribution in [0.4, 0.5) is 0 Å². The van der Waals surface area contributed by atoms with Crippen LogP contribution in [0.15, 0.2) is 17.5 Å². The van der Waals surface area contributed by atoms with Crippen LogP contribution in [0.5, 0.6) is 0 Å². The predicted molar refractivity (Wildman–Crippen MR) is 77.4 cm³/mol. The Morgan fingerprint density at radius 2 is 2.50 bits per heavy atom. The topological polar surface area (TPSA) is 67.8 Å². The molecule has 0 radical (unpaired) electrons. The van der Waals surface area contributed by atoms with Crippen molar-refractivity contribution >= 4 is 23.3 Å². The lowest BCUT2D eigenvalue weighted by Gasteiger charge is -2.17. The van der Waals surface area contributed by atoms with Crippen LogP contribution in [0, 0.1) is 0 Å². The number of amides is 1. The summed E-state index contributed by atoms with van der Waals surface area (Å²) < 4.78 is 10.8. The fourth-order valence-electron chi connectivity index (χ4n) is 2.00. The molecule has 1 aliphatic rings. The summed E-state index contributed by atoms with van der Waals surface area (Å²) in [7, 11) is 0. The van der Waals surface area contributed by atoms with Crippen LogP contribution in [0.25, 0.3) is 6.08 Å². The molecule has 0 aromatic carbocycles. The molecule has 6 heteroatoms. The summed E-state index contributed by atoms with van der Waals surface area (Å²) in [6, 6.07) is 1.76. The minimum atomic E-state index is -0.163. The molecule has 1 amide bonds. The molecule has 1 aliphatic heterocycles. The molecule has 0 spiro atoms. The first-order chi connectivity index (χ1) is 9.72. The zero-order valence-electron chi connectivity index (χ0n) is 11.4. The molecule has 0 saturated carbocycles. The minimum absolute atomic E-state index is 0.0198. The molecule has 0 bridgehead atoms. The molecule has 5 nitrogen and oxygen atoms in total. The Bertz CT molecular complexity index is 471. The number of nitrogens with one attached hydrogen (secondary N) is 1. The number of hydrogen-bond donors (Lipinski definition) is 2. The minimum Gasteiger partial charge on any atom is -0.392 e. The normalized spacial score (nSPS) is 22.5. The van der Waals surface area contributed by atoms with E-state index in [0.29, 0.717) is 19.8 Å². The third kappa shape index (κ3) is 4.14. The highest BCUT2D eigenvalue weighted by Crippen LogP contribution is 2.16. The molecular formula is C14H19NO4S. The van der Waals surface area contributed by atoms with Crippen LogP contribution >= 0.6 is 11.3 Å². The monoisotopic (exact) mass is 297 g/mol. The van der Waals surface area contributed by atoms with Gasteiger partial charge >= 0.3 is 0 Å². The Morgan fingerprint density at radius 3 is 3.20 bits per heavy atom. The van der Waals surface area contributed by atoms with E-state index in [1.807, 2.05) is 18.4 Å². The van der Waals surface area contributed by atoms with Gasteiger partial charge in [0.2, 0.25) is 5.91 Å². The summed E-state index contributed by atoms with van der Waals surface area (Å²) in [4.78, 5) is 12.8. The van der Waals surface area contributed by atoms with Gasteiger partial charge in [0.15, 0.2) is 0 Å². The van der Waals surface area contributed by atoms with Crippen LogP contribution in [0.1, 0.15) is 17.4 Å². The smallest absolute Gasteiger partial charge is 0.244 e. The first kappa shape index (κ1) is 15.2. The summed E-state index contributed by atoms with van der Waals surface area (Å²) in [5, 5.41) is 13.7. The van der Waals surface area contributed by atoms with Gasteiger partial charge in [-0.05, 0) is 30.0 Å². The van der Waals surface area contributed by atoms with Crippen LogP contribution in [-0.2, 0) is 20.9 Å². The summed E-state index contributed by atoms with van der Waals surface area (Å²) in [5.74, 6) is -0.163. The maximum atomic E-state index is 11.8. The molecule has 110 valence electrons. The average Bonchev–Trinajstić information content (AvgIpc) is 3.07. The summed E-state index contributed by atoms with van der Waals surface area (Å²) in [6.07, 6.45) is 3.17. The first-order valence-electron chi connectivity index (χ1n) is 6.59. The number of aliphatic hydroxyl groups excluding tert-OH is 1. The standard InChI is InChI=1S/C14H19NO4S/c1-2-19-13-8-18-7-12(13)15-14(17)4-3-11-5-10(6-16)9-20-11/h3-5,9,12-13,16H,2,6-8H2,1H3,(H,15,17)/t12-,13-/m0/s1. The first-order valence-corrected chi connectivity index (χ1v) is 7.47. The van der Waals surface area contributed by atoms with Crippen molar-refractivity contribution in [3.63, 3.8) is 0 Å². The van der Waals surface area contributed by atoms with Gasteiger partial charge in [-0.15, -0.1) is 11.3 Å². The second-order valence-electron chi connectivity index (χ2n) is 4.50. The Balaban J connectivity index is 1.85. The quantitative estimate of drug-likeness (QED) is 0.774. The molecule has 20 heavy (non-hydrogen) atoms. The fourth-order valence-corrected chi connectivity index (χ4v) is 2.80. The van der Waals surface area contributed by atoms with Gasteiger partial charge in [0, 0.05) is 17.6 Å². The average molecular weight is 297 g/mol. The maximum absolute atomic E-state index is 11.8. The molecule has 2 N–H and O–H groups in total. The Labute approximate surface area is 122 Å². The highest BCUT2D eigenvalue weighted by molar-refractivity contribution is 7.11. The number of carbonyl (C=O) groups excluding carboxylic acids is 1. The van der Waals surface area contributed by atoms with Crippen molar-refractivity contribution in [1.29, 1.82) is 0 Å². The summed E-state index contributed by atoms with van der Waals surface area (Å²) in [6.45, 7) is 3.55. The van der Waals surface area contributed by atoms with Crippen LogP contribution in [0.3, 0.4) is 0 Å². The van der Waals surface area contributed by atoms with E-state index in [0.717, 1.165) is 10.4 Å². The zero-order valence-corrected chi connectivity index (χ0v) is 12.2. The lowest BCUT2D eigenvalue weighted by atomic mass is 10.2. The maximum Gasteiger partial charge on any atom is 0.244 e. The number of aliphatic hydroxyl groups is 1. The van der Waals surface area contributed by atoms with Crippen LogP contribution in [-0.4, -0.2) is 43.0 Å². The largest absolute Gasteiger partial charge is 0.392 e. The number of ether oxygens (including phenoxy) is 2. The second-order valence-corrected chi connectivity index (χ2v) is 5.44. The van der Waals surface area contributed by atoms with Gasteiger partial charge in [0.1, 0.15) is 6.10 Å². The van der Waals surface area contributed by atoms with Gasteiger partial charge in [-0.1, -0.05) is 0 Å². The fraction of sp³-hybridized carbons (Fsp3) is 0.500. The molecule has 2 atom stereocenters. The Morgan fingerprint density at radius 1 is 1.65 bits per heavy atom. The van der Waals surface area contributed by atoms with E-state index in [-0.39, 0.29) is 24.7 Å². The van der Waals surface area contributed by atoms with E-state index in [2.05, 4.69) is 5.32 Å². The number of thiophene rings is 1. The molecule has 1 aromatic heterocycles. The van der Waals surface area contributed by atoms with Crippen molar-refractivity contribution in [3.05, 3.63) is 28.0 Å². The Hall–Kier alpha value is -1.21. The summed E-state index contributed by atoms with van der Waals surface area (Å²) in [5.41, 5.74) is 0.857. The molecule has 1 saturated heterocycles. The summed E-state index contributed by atoms with van der Waals surface area (Å²) >= 11 is 1.49. The van der Waals surface area contributed by atoms with Gasteiger partial charge in [0.05, 0.1) is 25.9 Å². The third-order valence-corrected chi connectivity index (χ3v) is 3.94. The van der Waals surface area contributed by atoms with Crippen molar-refractivity contribution < 1.29 is 19.4 Å². The van der Waals surface area contributed by atoms with Crippen molar-refractivity contribution in [2.45, 2.75) is 25.7 Å². The van der Waals surface area contributed by atoms with Crippen molar-refractivity contribution in [2.24, 2.45) is 0 Å². The molecule has 1 fully saturated rings. The van der Waals surface area contributed by atoms with Gasteiger partial charge in [-0.2, -0.15) is 0 Å². The van der Waals surface area contributed by atoms with Gasteiger partial charge in [0.25, 0.3) is 0 Å². The SMILES string of the molecule is CCO[C@H]1COC[C@@H]1NC(=O)C=Cc1cc(CO)cs1. The molecule has 0 unspecified atom stereocenters. The highest BCUT2D eigenvalue weighted by atomic mass is 32.1. The van der Waals surface area contributed by atoms with Crippen molar-refractivity contribution in [1.82, 2.24) is 5.32 Å². The number of carbonyl (C=O) groups is 1. The van der Waals surface area contributed by atoms with E-state index in [1.54, 1.807) is 6.08 Å². The molecular weight excluding hydrogens is 278 g/mol. The predicted octanol–water partition coefficient (Wildman–Crippen LogP) is 1.17.